The quantitative estimate of drug-likeness (QED) is 0.349. The fourth-order valence-corrected chi connectivity index (χ4v) is 0. The van der Waals surface area contributed by atoms with Crippen molar-refractivity contribution in [3.05, 3.63) is 0 Å². The minimum absolute atomic E-state index is 0. The number of rotatable bonds is 0. The van der Waals surface area contributed by atoms with Crippen LogP contribution in [0.2, 0.25) is 0 Å². The Hall–Kier alpha value is 3.92. The van der Waals surface area contributed by atoms with Gasteiger partial charge in [-0.05, 0) is 0 Å². The maximum Gasteiger partial charge on any atom is 0 e. The summed E-state index contributed by atoms with van der Waals surface area (Å²) in [5.41, 5.74) is 0. The summed E-state index contributed by atoms with van der Waals surface area (Å²) < 4.78 is 0. The summed E-state index contributed by atoms with van der Waals surface area (Å²) in [7, 11) is 0. The van der Waals surface area contributed by atoms with Gasteiger partial charge in [0.05, 0.1) is 0 Å². The molecule has 0 aliphatic heterocycles. The van der Waals surface area contributed by atoms with Crippen molar-refractivity contribution < 1.29 is 46.9 Å². The van der Waals surface area contributed by atoms with Gasteiger partial charge in [-0.3, -0.25) is 0 Å². The summed E-state index contributed by atoms with van der Waals surface area (Å²) in [5.74, 6) is 0. The number of hydrogen-bond acceptors (Lipinski definition) is 0. The maximum absolute atomic E-state index is 0. The first-order chi connectivity index (χ1) is 0. The molecule has 12 radical (unpaired) electrons. The molecular formula is Sn3Yb. The van der Waals surface area contributed by atoms with Gasteiger partial charge in [0, 0.05) is 119 Å². The van der Waals surface area contributed by atoms with Gasteiger partial charge in [0.1, 0.15) is 0 Å². The van der Waals surface area contributed by atoms with Crippen LogP contribution >= 0.6 is 0 Å². The van der Waals surface area contributed by atoms with E-state index in [1.54, 1.807) is 0 Å². The van der Waals surface area contributed by atoms with E-state index in [9.17, 15) is 0 Å². The van der Waals surface area contributed by atoms with Crippen molar-refractivity contribution in [1.82, 2.24) is 0 Å². The zero-order chi connectivity index (χ0) is 0. The molecule has 4 heteroatoms. The normalized spacial score (nSPS) is 0. The van der Waals surface area contributed by atoms with Crippen molar-refractivity contribution in [3.63, 3.8) is 0 Å². The maximum atomic E-state index is 0. The summed E-state index contributed by atoms with van der Waals surface area (Å²) in [6.07, 6.45) is 0. The molecule has 0 saturated heterocycles. The number of hydrogen-bond donors (Lipinski definition) is 0. The molecular weight excluding hydrogens is 529 g/mol. The monoisotopic (exact) mass is 534 g/mol. The van der Waals surface area contributed by atoms with Crippen molar-refractivity contribution in [1.29, 1.82) is 0 Å². The van der Waals surface area contributed by atoms with Crippen LogP contribution in [-0.2, 0) is 0 Å². The van der Waals surface area contributed by atoms with Crippen LogP contribution in [0.3, 0.4) is 0 Å². The second-order valence-corrected chi connectivity index (χ2v) is 0. The molecule has 0 aromatic rings. The Kier molecular flexibility index (Phi) is 97.4. The van der Waals surface area contributed by atoms with Crippen LogP contribution in [0.15, 0.2) is 0 Å². The average Bonchev–Trinajstić information content (AvgIpc) is 0. The molecule has 0 unspecified atom stereocenters. The van der Waals surface area contributed by atoms with Crippen LogP contribution in [0.1, 0.15) is 0 Å². The van der Waals surface area contributed by atoms with Gasteiger partial charge in [0.25, 0.3) is 0 Å². The van der Waals surface area contributed by atoms with Gasteiger partial charge in [-0.15, -0.1) is 0 Å². The van der Waals surface area contributed by atoms with E-state index in [1.165, 1.54) is 0 Å². The van der Waals surface area contributed by atoms with E-state index in [0.29, 0.717) is 0 Å². The van der Waals surface area contributed by atoms with E-state index >= 15 is 0 Å². The Labute approximate surface area is 115 Å². The van der Waals surface area contributed by atoms with E-state index in [4.69, 9.17) is 0 Å². The smallest absolute Gasteiger partial charge is 0 e. The molecule has 0 spiro atoms. The molecule has 0 rings (SSSR count). The summed E-state index contributed by atoms with van der Waals surface area (Å²) in [4.78, 5) is 0. The van der Waals surface area contributed by atoms with Crippen molar-refractivity contribution >= 4 is 71.7 Å². The summed E-state index contributed by atoms with van der Waals surface area (Å²) in [6, 6.07) is 0. The van der Waals surface area contributed by atoms with Crippen molar-refractivity contribution in [3.8, 4) is 0 Å². The second-order valence-electron chi connectivity index (χ2n) is 0. The molecule has 0 nitrogen and oxygen atoms in total. The Morgan fingerprint density at radius 2 is 0.500 bits per heavy atom. The van der Waals surface area contributed by atoms with E-state index in [2.05, 4.69) is 0 Å². The van der Waals surface area contributed by atoms with Gasteiger partial charge in [-0.1, -0.05) is 0 Å². The Balaban J connectivity index is 0. The Bertz CT molecular complexity index is 3.25. The van der Waals surface area contributed by atoms with Gasteiger partial charge in [-0.2, -0.15) is 0 Å². The SMILES string of the molecule is [Sn].[Sn].[Sn].[Yb]. The molecule has 0 saturated carbocycles. The standard InChI is InChI=1S/3Sn.Yb. The van der Waals surface area contributed by atoms with Crippen LogP contribution in [0, 0.1) is 46.9 Å². The van der Waals surface area contributed by atoms with Crippen LogP contribution in [0.4, 0.5) is 0 Å². The first kappa shape index (κ1) is 24.7. The van der Waals surface area contributed by atoms with Crippen molar-refractivity contribution in [2.45, 2.75) is 0 Å². The third-order valence-corrected chi connectivity index (χ3v) is 0. The van der Waals surface area contributed by atoms with E-state index < -0.39 is 0 Å². The van der Waals surface area contributed by atoms with Crippen LogP contribution in [-0.4, -0.2) is 71.7 Å². The molecule has 0 aromatic heterocycles. The van der Waals surface area contributed by atoms with Gasteiger partial charge in [0.2, 0.25) is 0 Å². The second kappa shape index (κ2) is 15.8. The van der Waals surface area contributed by atoms with Crippen LogP contribution in [0.5, 0.6) is 0 Å². The van der Waals surface area contributed by atoms with Crippen LogP contribution < -0.4 is 0 Å². The molecule has 26 valence electrons. The molecule has 4 heavy (non-hydrogen) atoms. The molecule has 0 amide bonds. The average molecular weight is 529 g/mol. The van der Waals surface area contributed by atoms with E-state index in [0.717, 1.165) is 0 Å². The molecule has 0 aliphatic carbocycles. The van der Waals surface area contributed by atoms with Crippen molar-refractivity contribution in [2.24, 2.45) is 0 Å². The fraction of sp³-hybridized carbons (Fsp3) is 0. The third kappa shape index (κ3) is 9.32. The molecule has 0 heterocycles. The summed E-state index contributed by atoms with van der Waals surface area (Å²) in [6.45, 7) is 0. The van der Waals surface area contributed by atoms with E-state index in [-0.39, 0.29) is 119 Å². The zero-order valence-electron chi connectivity index (χ0n) is 1.77. The Morgan fingerprint density at radius 3 is 0.500 bits per heavy atom. The third-order valence-electron chi connectivity index (χ3n) is 0. The molecule has 0 fully saturated rings. The topological polar surface area (TPSA) is 0 Å². The summed E-state index contributed by atoms with van der Waals surface area (Å²) >= 11 is 0. The van der Waals surface area contributed by atoms with Gasteiger partial charge >= 0.3 is 0 Å². The van der Waals surface area contributed by atoms with Gasteiger partial charge in [0.15, 0.2) is 0 Å². The van der Waals surface area contributed by atoms with Crippen LogP contribution in [0.25, 0.3) is 0 Å². The fourth-order valence-electron chi connectivity index (χ4n) is 0. The minimum Gasteiger partial charge on any atom is 0 e. The molecule has 0 bridgehead atoms. The first-order valence-electron chi connectivity index (χ1n) is 0. The first-order valence-corrected chi connectivity index (χ1v) is 0. The molecule has 0 atom stereocenters. The van der Waals surface area contributed by atoms with Crippen molar-refractivity contribution in [2.75, 3.05) is 0 Å². The predicted molar refractivity (Wildman–Crippen MR) is 17.3 cm³/mol. The van der Waals surface area contributed by atoms with Gasteiger partial charge < -0.3 is 0 Å². The molecule has 0 aromatic carbocycles. The van der Waals surface area contributed by atoms with E-state index in [1.807, 2.05) is 0 Å². The molecule has 0 N–H and O–H groups in total. The zero-order valence-corrected chi connectivity index (χ0v) is 12.0. The predicted octanol–water partition coefficient (Wildman–Crippen LogP) is -1.14. The Morgan fingerprint density at radius 1 is 0.500 bits per heavy atom. The van der Waals surface area contributed by atoms with Gasteiger partial charge in [-0.25, -0.2) is 0 Å². The summed E-state index contributed by atoms with van der Waals surface area (Å²) in [5, 5.41) is 0. The minimum atomic E-state index is 0. The molecule has 0 aliphatic rings. The largest absolute Gasteiger partial charge is 0 e.